The number of thiazole rings is 1. The van der Waals surface area contributed by atoms with Crippen molar-refractivity contribution in [2.75, 3.05) is 10.6 Å². The summed E-state index contributed by atoms with van der Waals surface area (Å²) in [5.41, 5.74) is 2.54. The molecular weight excluding hydrogens is 472 g/mol. The Morgan fingerprint density at radius 3 is 2.65 bits per heavy atom. The lowest BCUT2D eigenvalue weighted by molar-refractivity contribution is -0.384. The Kier molecular flexibility index (Phi) is 6.90. The zero-order chi connectivity index (χ0) is 24.2. The lowest BCUT2D eigenvalue weighted by Crippen LogP contribution is -2.22. The quantitative estimate of drug-likeness (QED) is 0.189. The Labute approximate surface area is 203 Å². The number of thioether (sulfide) groups is 1. The van der Waals surface area contributed by atoms with Gasteiger partial charge >= 0.3 is 0 Å². The second kappa shape index (κ2) is 10.0. The number of nitrogens with one attached hydrogen (secondary N) is 2. The summed E-state index contributed by atoms with van der Waals surface area (Å²) in [7, 11) is 0. The van der Waals surface area contributed by atoms with Crippen molar-refractivity contribution in [1.82, 2.24) is 4.98 Å². The predicted molar refractivity (Wildman–Crippen MR) is 136 cm³/mol. The third-order valence-electron chi connectivity index (χ3n) is 4.87. The zero-order valence-corrected chi connectivity index (χ0v) is 19.9. The topological polar surface area (TPSA) is 114 Å². The third kappa shape index (κ3) is 5.59. The first kappa shape index (κ1) is 23.4. The molecule has 0 aliphatic carbocycles. The number of rotatable bonds is 7. The molecule has 0 saturated heterocycles. The third-order valence-corrected chi connectivity index (χ3v) is 6.89. The molecule has 1 heterocycles. The summed E-state index contributed by atoms with van der Waals surface area (Å²) in [6, 6.07) is 18.6. The van der Waals surface area contributed by atoms with Crippen LogP contribution in [0.4, 0.5) is 16.5 Å². The molecule has 0 spiro atoms. The fraction of sp³-hybridized carbons (Fsp3) is 0.125. The summed E-state index contributed by atoms with van der Waals surface area (Å²) in [6.07, 6.45) is 0. The molecule has 34 heavy (non-hydrogen) atoms. The largest absolute Gasteiger partial charge is 0.322 e. The van der Waals surface area contributed by atoms with Gasteiger partial charge < -0.3 is 10.6 Å². The normalized spacial score (nSPS) is 11.7. The number of nitro benzene ring substituents is 1. The number of nitrogens with zero attached hydrogens (tertiary/aromatic N) is 2. The van der Waals surface area contributed by atoms with Gasteiger partial charge in [-0.3, -0.25) is 19.7 Å². The summed E-state index contributed by atoms with van der Waals surface area (Å²) in [4.78, 5) is 40.9. The number of nitro groups is 1. The molecule has 2 N–H and O–H groups in total. The minimum atomic E-state index is -0.546. The summed E-state index contributed by atoms with van der Waals surface area (Å²) >= 11 is 2.78. The van der Waals surface area contributed by atoms with Gasteiger partial charge in [0.25, 0.3) is 11.6 Å². The van der Waals surface area contributed by atoms with Gasteiger partial charge in [0.15, 0.2) is 5.13 Å². The van der Waals surface area contributed by atoms with Gasteiger partial charge in [0.1, 0.15) is 0 Å². The van der Waals surface area contributed by atoms with Crippen molar-refractivity contribution >= 4 is 61.6 Å². The van der Waals surface area contributed by atoms with Crippen LogP contribution in [0.25, 0.3) is 10.2 Å². The SMILES string of the molecule is Cc1ccc2nc(NC(=O)C(C)Sc3cccc(NC(=O)c4cccc([N+](=O)[O-])c4)c3)sc2c1. The van der Waals surface area contributed by atoms with E-state index in [0.717, 1.165) is 20.7 Å². The van der Waals surface area contributed by atoms with Crippen molar-refractivity contribution in [2.24, 2.45) is 0 Å². The van der Waals surface area contributed by atoms with Crippen molar-refractivity contribution in [2.45, 2.75) is 24.0 Å². The van der Waals surface area contributed by atoms with E-state index in [1.807, 2.05) is 31.2 Å². The van der Waals surface area contributed by atoms with Crippen LogP contribution in [-0.2, 0) is 4.79 Å². The van der Waals surface area contributed by atoms with Crippen LogP contribution in [0.3, 0.4) is 0 Å². The van der Waals surface area contributed by atoms with Crippen molar-refractivity contribution < 1.29 is 14.5 Å². The molecule has 172 valence electrons. The highest BCUT2D eigenvalue weighted by Crippen LogP contribution is 2.30. The number of hydrogen-bond donors (Lipinski definition) is 2. The molecule has 8 nitrogen and oxygen atoms in total. The molecule has 0 aliphatic rings. The number of aromatic nitrogens is 1. The lowest BCUT2D eigenvalue weighted by Gasteiger charge is -2.12. The van der Waals surface area contributed by atoms with Crippen molar-refractivity contribution in [3.05, 3.63) is 88.0 Å². The highest BCUT2D eigenvalue weighted by molar-refractivity contribution is 8.00. The smallest absolute Gasteiger partial charge is 0.270 e. The van der Waals surface area contributed by atoms with E-state index >= 15 is 0 Å². The molecule has 1 unspecified atom stereocenters. The van der Waals surface area contributed by atoms with E-state index in [9.17, 15) is 19.7 Å². The van der Waals surface area contributed by atoms with E-state index in [-0.39, 0.29) is 17.2 Å². The van der Waals surface area contributed by atoms with Crippen molar-refractivity contribution in [3.8, 4) is 0 Å². The van der Waals surface area contributed by atoms with Crippen molar-refractivity contribution in [1.29, 1.82) is 0 Å². The first-order chi connectivity index (χ1) is 16.3. The van der Waals surface area contributed by atoms with Crippen LogP contribution in [0.2, 0.25) is 0 Å². The molecule has 0 saturated carbocycles. The molecule has 1 aromatic heterocycles. The lowest BCUT2D eigenvalue weighted by atomic mass is 10.2. The minimum Gasteiger partial charge on any atom is -0.322 e. The molecule has 0 fully saturated rings. The molecule has 1 atom stereocenters. The van der Waals surface area contributed by atoms with Crippen LogP contribution in [-0.4, -0.2) is 27.0 Å². The molecule has 4 rings (SSSR count). The summed E-state index contributed by atoms with van der Waals surface area (Å²) in [5, 5.41) is 16.7. The highest BCUT2D eigenvalue weighted by atomic mass is 32.2. The maximum Gasteiger partial charge on any atom is 0.270 e. The first-order valence-corrected chi connectivity index (χ1v) is 12.0. The highest BCUT2D eigenvalue weighted by Gasteiger charge is 2.17. The van der Waals surface area contributed by atoms with E-state index < -0.39 is 16.1 Å². The molecule has 0 bridgehead atoms. The Morgan fingerprint density at radius 1 is 1.06 bits per heavy atom. The van der Waals surface area contributed by atoms with Gasteiger partial charge in [-0.05, 0) is 55.8 Å². The fourth-order valence-corrected chi connectivity index (χ4v) is 5.05. The number of carbonyl (C=O) groups is 2. The van der Waals surface area contributed by atoms with Gasteiger partial charge in [0.05, 0.1) is 20.4 Å². The number of amides is 2. The molecule has 10 heteroatoms. The summed E-state index contributed by atoms with van der Waals surface area (Å²) in [6.45, 7) is 3.81. The molecule has 2 amide bonds. The number of aryl methyl sites for hydroxylation is 1. The van der Waals surface area contributed by atoms with E-state index in [2.05, 4.69) is 15.6 Å². The number of anilines is 2. The van der Waals surface area contributed by atoms with Crippen LogP contribution < -0.4 is 10.6 Å². The van der Waals surface area contributed by atoms with Gasteiger partial charge in [-0.15, -0.1) is 11.8 Å². The van der Waals surface area contributed by atoms with Crippen LogP contribution in [0.5, 0.6) is 0 Å². The van der Waals surface area contributed by atoms with Gasteiger partial charge in [-0.1, -0.05) is 29.5 Å². The van der Waals surface area contributed by atoms with Gasteiger partial charge in [-0.25, -0.2) is 4.98 Å². The molecule has 0 radical (unpaired) electrons. The van der Waals surface area contributed by atoms with Gasteiger partial charge in [-0.2, -0.15) is 0 Å². The standard InChI is InChI=1S/C24H20N4O4S2/c1-14-9-10-20-21(11-14)34-24(26-20)27-22(29)15(2)33-19-8-4-6-17(13-19)25-23(30)16-5-3-7-18(12-16)28(31)32/h3-13,15H,1-2H3,(H,25,30)(H,26,27,29). The van der Waals surface area contributed by atoms with E-state index in [0.29, 0.717) is 10.8 Å². The minimum absolute atomic E-state index is 0.153. The van der Waals surface area contributed by atoms with Gasteiger partial charge in [0, 0.05) is 28.3 Å². The summed E-state index contributed by atoms with van der Waals surface area (Å²) < 4.78 is 1.02. The fourth-order valence-electron chi connectivity index (χ4n) is 3.16. The average Bonchev–Trinajstić information content (AvgIpc) is 3.20. The number of benzene rings is 3. The Balaban J connectivity index is 1.40. The van der Waals surface area contributed by atoms with Crippen molar-refractivity contribution in [3.63, 3.8) is 0 Å². The molecular formula is C24H20N4O4S2. The second-order valence-corrected chi connectivity index (χ2v) is 9.97. The zero-order valence-electron chi connectivity index (χ0n) is 18.3. The number of non-ortho nitro benzene ring substituents is 1. The molecule has 3 aromatic carbocycles. The number of hydrogen-bond acceptors (Lipinski definition) is 7. The summed E-state index contributed by atoms with van der Waals surface area (Å²) in [5.74, 6) is -0.630. The maximum atomic E-state index is 12.7. The van der Waals surface area contributed by atoms with Crippen LogP contribution in [0.1, 0.15) is 22.8 Å². The van der Waals surface area contributed by atoms with E-state index in [4.69, 9.17) is 0 Å². The number of carbonyl (C=O) groups excluding carboxylic acids is 2. The Hall–Kier alpha value is -3.76. The second-order valence-electron chi connectivity index (χ2n) is 7.53. The monoisotopic (exact) mass is 492 g/mol. The van der Waals surface area contributed by atoms with Gasteiger partial charge in [0.2, 0.25) is 5.91 Å². The average molecular weight is 493 g/mol. The molecule has 4 aromatic rings. The molecule has 0 aliphatic heterocycles. The first-order valence-electron chi connectivity index (χ1n) is 10.3. The number of fused-ring (bicyclic) bond motifs is 1. The van der Waals surface area contributed by atoms with Crippen LogP contribution in [0, 0.1) is 17.0 Å². The Morgan fingerprint density at radius 2 is 1.85 bits per heavy atom. The van der Waals surface area contributed by atoms with Crippen LogP contribution in [0.15, 0.2) is 71.6 Å². The van der Waals surface area contributed by atoms with Crippen LogP contribution >= 0.6 is 23.1 Å². The Bertz CT molecular complexity index is 1400. The van der Waals surface area contributed by atoms with E-state index in [1.54, 1.807) is 25.1 Å². The maximum absolute atomic E-state index is 12.7. The van der Waals surface area contributed by atoms with E-state index in [1.165, 1.54) is 47.4 Å². The predicted octanol–water partition coefficient (Wildman–Crippen LogP) is 5.88.